The van der Waals surface area contributed by atoms with Gasteiger partial charge >= 0.3 is 0 Å². The maximum Gasteiger partial charge on any atom is 0.254 e. The number of nitrogens with zero attached hydrogens (tertiary/aromatic N) is 2. The van der Waals surface area contributed by atoms with E-state index in [2.05, 4.69) is 0 Å². The van der Waals surface area contributed by atoms with Crippen molar-refractivity contribution < 1.29 is 9.53 Å². The number of aromatic nitrogens is 1. The van der Waals surface area contributed by atoms with Gasteiger partial charge in [-0.1, -0.05) is 0 Å². The molecule has 4 heteroatoms. The molecule has 1 aromatic heterocycles. The Hall–Kier alpha value is -2.07. The molecule has 1 aliphatic rings. The molecule has 0 saturated carbocycles. The van der Waals surface area contributed by atoms with Gasteiger partial charge in [0.2, 0.25) is 0 Å². The zero-order valence-electron chi connectivity index (χ0n) is 11.5. The maximum absolute atomic E-state index is 12.4. The Morgan fingerprint density at radius 2 is 1.90 bits per heavy atom. The molecule has 1 amide bonds. The molecule has 1 fully saturated rings. The monoisotopic (exact) mass is 270 g/mol. The molecule has 1 unspecified atom stereocenters. The molecule has 0 N–H and O–H groups in total. The van der Waals surface area contributed by atoms with Gasteiger partial charge in [0.05, 0.1) is 12.7 Å². The second-order valence-corrected chi connectivity index (χ2v) is 5.07. The number of morpholine rings is 1. The Bertz CT molecular complexity index is 575. The normalized spacial score (nSPS) is 19.1. The summed E-state index contributed by atoms with van der Waals surface area (Å²) in [6.07, 6.45) is 4.09. The molecule has 20 heavy (non-hydrogen) atoms. The van der Waals surface area contributed by atoms with Crippen molar-refractivity contribution in [3.63, 3.8) is 0 Å². The third kappa shape index (κ3) is 2.60. The fourth-order valence-corrected chi connectivity index (χ4v) is 2.47. The van der Waals surface area contributed by atoms with Crippen LogP contribution in [0.5, 0.6) is 0 Å². The van der Waals surface area contributed by atoms with E-state index >= 15 is 0 Å². The standard InChI is InChI=1S/C16H18N2O2/c1-13-12-18(10-11-20-13)16(19)14-4-6-15(7-5-14)17-8-2-3-9-17/h2-9,13H,10-12H2,1H3. The fraction of sp³-hybridized carbons (Fsp3) is 0.312. The molecule has 0 bridgehead atoms. The summed E-state index contributed by atoms with van der Waals surface area (Å²) in [6, 6.07) is 11.7. The number of ether oxygens (including phenoxy) is 1. The number of hydrogen-bond donors (Lipinski definition) is 0. The van der Waals surface area contributed by atoms with Gasteiger partial charge in [-0.05, 0) is 43.3 Å². The van der Waals surface area contributed by atoms with E-state index in [0.29, 0.717) is 19.7 Å². The highest BCUT2D eigenvalue weighted by atomic mass is 16.5. The average molecular weight is 270 g/mol. The first-order chi connectivity index (χ1) is 9.74. The van der Waals surface area contributed by atoms with Gasteiger partial charge < -0.3 is 14.2 Å². The first-order valence-corrected chi connectivity index (χ1v) is 6.88. The quantitative estimate of drug-likeness (QED) is 0.839. The lowest BCUT2D eigenvalue weighted by Gasteiger charge is -2.31. The van der Waals surface area contributed by atoms with Crippen LogP contribution in [0.4, 0.5) is 0 Å². The summed E-state index contributed by atoms with van der Waals surface area (Å²) in [7, 11) is 0. The van der Waals surface area contributed by atoms with Crippen molar-refractivity contribution in [2.75, 3.05) is 19.7 Å². The minimum atomic E-state index is 0.0826. The van der Waals surface area contributed by atoms with Crippen LogP contribution < -0.4 is 0 Å². The van der Waals surface area contributed by atoms with E-state index in [1.807, 2.05) is 65.2 Å². The molecular formula is C16H18N2O2. The summed E-state index contributed by atoms with van der Waals surface area (Å²) in [6.45, 7) is 3.95. The van der Waals surface area contributed by atoms with Gasteiger partial charge in [-0.3, -0.25) is 4.79 Å². The Morgan fingerprint density at radius 3 is 2.55 bits per heavy atom. The molecule has 2 heterocycles. The van der Waals surface area contributed by atoms with Crippen molar-refractivity contribution in [1.29, 1.82) is 0 Å². The minimum absolute atomic E-state index is 0.0826. The zero-order chi connectivity index (χ0) is 13.9. The van der Waals surface area contributed by atoms with Crippen LogP contribution in [-0.2, 0) is 4.74 Å². The van der Waals surface area contributed by atoms with E-state index < -0.39 is 0 Å². The maximum atomic E-state index is 12.4. The SMILES string of the molecule is CC1CN(C(=O)c2ccc(-n3cccc3)cc2)CCO1. The summed E-state index contributed by atoms with van der Waals surface area (Å²) in [5.41, 5.74) is 1.79. The molecule has 2 aromatic rings. The topological polar surface area (TPSA) is 34.5 Å². The average Bonchev–Trinajstić information content (AvgIpc) is 3.01. The lowest BCUT2D eigenvalue weighted by molar-refractivity contribution is -0.0124. The first kappa shape index (κ1) is 12.9. The zero-order valence-corrected chi connectivity index (χ0v) is 11.5. The van der Waals surface area contributed by atoms with Crippen LogP contribution in [0.2, 0.25) is 0 Å². The Morgan fingerprint density at radius 1 is 1.20 bits per heavy atom. The summed E-state index contributed by atoms with van der Waals surface area (Å²) < 4.78 is 7.48. The number of carbonyl (C=O) groups excluding carboxylic acids is 1. The second-order valence-electron chi connectivity index (χ2n) is 5.07. The Balaban J connectivity index is 1.75. The Kier molecular flexibility index (Phi) is 3.56. The molecule has 104 valence electrons. The van der Waals surface area contributed by atoms with Gasteiger partial charge in [0.1, 0.15) is 0 Å². The molecule has 1 saturated heterocycles. The van der Waals surface area contributed by atoms with Crippen LogP contribution in [0.25, 0.3) is 5.69 Å². The minimum Gasteiger partial charge on any atom is -0.375 e. The second kappa shape index (κ2) is 5.51. The van der Waals surface area contributed by atoms with Gasteiger partial charge in [-0.15, -0.1) is 0 Å². The van der Waals surface area contributed by atoms with Crippen LogP contribution in [0.3, 0.4) is 0 Å². The summed E-state index contributed by atoms with van der Waals surface area (Å²) in [5.74, 6) is 0.0826. The van der Waals surface area contributed by atoms with Gasteiger partial charge in [0.25, 0.3) is 5.91 Å². The number of amides is 1. The molecule has 0 aliphatic carbocycles. The smallest absolute Gasteiger partial charge is 0.254 e. The van der Waals surface area contributed by atoms with Gasteiger partial charge in [-0.2, -0.15) is 0 Å². The molecule has 3 rings (SSSR count). The molecule has 1 aliphatic heterocycles. The van der Waals surface area contributed by atoms with Gasteiger partial charge in [0, 0.05) is 36.7 Å². The molecule has 4 nitrogen and oxygen atoms in total. The van der Waals surface area contributed by atoms with Crippen molar-refractivity contribution in [2.24, 2.45) is 0 Å². The molecular weight excluding hydrogens is 252 g/mol. The number of hydrogen-bond acceptors (Lipinski definition) is 2. The third-order valence-corrected chi connectivity index (χ3v) is 3.55. The highest BCUT2D eigenvalue weighted by Gasteiger charge is 2.22. The number of benzene rings is 1. The van der Waals surface area contributed by atoms with Crippen LogP contribution >= 0.6 is 0 Å². The van der Waals surface area contributed by atoms with Crippen molar-refractivity contribution in [3.8, 4) is 5.69 Å². The molecule has 1 atom stereocenters. The molecule has 0 spiro atoms. The van der Waals surface area contributed by atoms with Crippen molar-refractivity contribution >= 4 is 5.91 Å². The van der Waals surface area contributed by atoms with Crippen LogP contribution in [0.15, 0.2) is 48.8 Å². The van der Waals surface area contributed by atoms with Crippen LogP contribution in [-0.4, -0.2) is 41.2 Å². The Labute approximate surface area is 118 Å². The lowest BCUT2D eigenvalue weighted by atomic mass is 10.1. The predicted octanol–water partition coefficient (Wildman–Crippen LogP) is 2.34. The molecule has 1 aromatic carbocycles. The van der Waals surface area contributed by atoms with Crippen LogP contribution in [0.1, 0.15) is 17.3 Å². The summed E-state index contributed by atoms with van der Waals surface area (Å²) >= 11 is 0. The van der Waals surface area contributed by atoms with E-state index in [1.165, 1.54) is 0 Å². The van der Waals surface area contributed by atoms with E-state index in [0.717, 1.165) is 11.3 Å². The first-order valence-electron chi connectivity index (χ1n) is 6.88. The third-order valence-electron chi connectivity index (χ3n) is 3.55. The predicted molar refractivity (Wildman–Crippen MR) is 77.1 cm³/mol. The number of carbonyl (C=O) groups is 1. The van der Waals surface area contributed by atoms with E-state index in [9.17, 15) is 4.79 Å². The highest BCUT2D eigenvalue weighted by molar-refractivity contribution is 5.94. The van der Waals surface area contributed by atoms with E-state index in [-0.39, 0.29) is 12.0 Å². The largest absolute Gasteiger partial charge is 0.375 e. The highest BCUT2D eigenvalue weighted by Crippen LogP contribution is 2.14. The summed E-state index contributed by atoms with van der Waals surface area (Å²) in [4.78, 5) is 14.3. The van der Waals surface area contributed by atoms with Crippen molar-refractivity contribution in [3.05, 3.63) is 54.4 Å². The van der Waals surface area contributed by atoms with Crippen LogP contribution in [0, 0.1) is 0 Å². The van der Waals surface area contributed by atoms with E-state index in [4.69, 9.17) is 4.74 Å². The summed E-state index contributed by atoms with van der Waals surface area (Å²) in [5, 5.41) is 0. The lowest BCUT2D eigenvalue weighted by Crippen LogP contribution is -2.44. The van der Waals surface area contributed by atoms with Crippen molar-refractivity contribution in [1.82, 2.24) is 9.47 Å². The van der Waals surface area contributed by atoms with Crippen molar-refractivity contribution in [2.45, 2.75) is 13.0 Å². The molecule has 0 radical (unpaired) electrons. The van der Waals surface area contributed by atoms with Gasteiger partial charge in [-0.25, -0.2) is 0 Å². The number of rotatable bonds is 2. The van der Waals surface area contributed by atoms with E-state index in [1.54, 1.807) is 0 Å². The van der Waals surface area contributed by atoms with Gasteiger partial charge in [0.15, 0.2) is 0 Å². The fourth-order valence-electron chi connectivity index (χ4n) is 2.47.